The van der Waals surface area contributed by atoms with E-state index >= 15 is 0 Å². The predicted octanol–water partition coefficient (Wildman–Crippen LogP) is 1.69. The van der Waals surface area contributed by atoms with Gasteiger partial charge < -0.3 is 0 Å². The van der Waals surface area contributed by atoms with Gasteiger partial charge in [-0.25, -0.2) is 4.63 Å². The molecule has 1 heterocycles. The maximum atomic E-state index is 10.6. The van der Waals surface area contributed by atoms with Gasteiger partial charge in [-0.3, -0.25) is 10.1 Å². The van der Waals surface area contributed by atoms with E-state index in [0.29, 0.717) is 5.52 Å². The highest BCUT2D eigenvalue weighted by atomic mass is 16.6. The van der Waals surface area contributed by atoms with Crippen molar-refractivity contribution in [2.75, 3.05) is 0 Å². The van der Waals surface area contributed by atoms with Gasteiger partial charge in [-0.05, 0) is 28.4 Å². The lowest BCUT2D eigenvalue weighted by Gasteiger charge is -1.95. The molecule has 0 radical (unpaired) electrons. The third-order valence-electron chi connectivity index (χ3n) is 2.06. The van der Waals surface area contributed by atoms with Crippen LogP contribution in [0.25, 0.3) is 11.0 Å². The summed E-state index contributed by atoms with van der Waals surface area (Å²) in [7, 11) is 0. The number of aryl methyl sites for hydroxylation is 1. The molecule has 1 aromatic heterocycles. The summed E-state index contributed by atoms with van der Waals surface area (Å²) in [5, 5.41) is 17.8. The first-order valence-electron chi connectivity index (χ1n) is 4.12. The number of nitrogens with zero attached hydrogens (tertiary/aromatic N) is 3. The predicted molar refractivity (Wildman–Crippen MR) is 47.8 cm³/mol. The third-order valence-corrected chi connectivity index (χ3v) is 2.06. The number of nitro groups is 1. The molecule has 0 saturated carbocycles. The summed E-state index contributed by atoms with van der Waals surface area (Å²) in [4.78, 5) is 10.1. The normalized spacial score (nSPS) is 10.6. The highest BCUT2D eigenvalue weighted by Crippen LogP contribution is 2.25. The molecule has 72 valence electrons. The fraction of sp³-hybridized carbons (Fsp3) is 0.250. The lowest BCUT2D eigenvalue weighted by Crippen LogP contribution is -1.91. The van der Waals surface area contributed by atoms with Crippen LogP contribution < -0.4 is 0 Å². The minimum atomic E-state index is -0.494. The van der Waals surface area contributed by atoms with Crippen molar-refractivity contribution in [2.24, 2.45) is 0 Å². The number of non-ortho nitro benzene ring substituents is 1. The molecule has 0 fully saturated rings. The zero-order valence-corrected chi connectivity index (χ0v) is 7.43. The maximum Gasteiger partial charge on any atom is 0.300 e. The van der Waals surface area contributed by atoms with Crippen molar-refractivity contribution < 1.29 is 9.55 Å². The first kappa shape index (κ1) is 8.61. The van der Waals surface area contributed by atoms with E-state index < -0.39 is 4.92 Å². The molecular weight excluding hydrogens is 186 g/mol. The van der Waals surface area contributed by atoms with E-state index in [9.17, 15) is 10.1 Å². The van der Waals surface area contributed by atoms with Crippen LogP contribution in [0, 0.1) is 10.1 Å². The van der Waals surface area contributed by atoms with Crippen LogP contribution in [0.1, 0.15) is 12.5 Å². The Kier molecular flexibility index (Phi) is 1.88. The molecule has 2 rings (SSSR count). The van der Waals surface area contributed by atoms with Crippen LogP contribution in [0.2, 0.25) is 0 Å². The summed E-state index contributed by atoms with van der Waals surface area (Å²) < 4.78 is 4.49. The smallest absolute Gasteiger partial charge is 0.258 e. The molecule has 0 atom stereocenters. The van der Waals surface area contributed by atoms with Gasteiger partial charge in [0.25, 0.3) is 0 Å². The molecule has 0 N–H and O–H groups in total. The van der Waals surface area contributed by atoms with Crippen molar-refractivity contribution >= 4 is 16.7 Å². The van der Waals surface area contributed by atoms with Gasteiger partial charge in [0, 0.05) is 6.07 Å². The van der Waals surface area contributed by atoms with E-state index in [-0.39, 0.29) is 11.2 Å². The standard InChI is InChI=1S/C8H7N3O3/c1-2-5-3-4-6(11(12)13)8-7(5)9-14-10-8/h3-4H,2H2,1H3. The molecule has 6 heteroatoms. The summed E-state index contributed by atoms with van der Waals surface area (Å²) in [5.74, 6) is 0. The summed E-state index contributed by atoms with van der Waals surface area (Å²) in [6.07, 6.45) is 0.739. The van der Waals surface area contributed by atoms with Gasteiger partial charge in [0.2, 0.25) is 5.52 Å². The molecule has 2 aromatic rings. The quantitative estimate of drug-likeness (QED) is 0.535. The Morgan fingerprint density at radius 3 is 2.79 bits per heavy atom. The summed E-state index contributed by atoms with van der Waals surface area (Å²) in [5.41, 5.74) is 1.52. The Balaban J connectivity index is 2.78. The highest BCUT2D eigenvalue weighted by molar-refractivity contribution is 5.85. The largest absolute Gasteiger partial charge is 0.300 e. The third kappa shape index (κ3) is 1.12. The van der Waals surface area contributed by atoms with Crippen LogP contribution >= 0.6 is 0 Å². The molecule has 0 aliphatic carbocycles. The van der Waals surface area contributed by atoms with Gasteiger partial charge >= 0.3 is 5.69 Å². The number of benzene rings is 1. The zero-order valence-electron chi connectivity index (χ0n) is 7.43. The van der Waals surface area contributed by atoms with Gasteiger partial charge in [-0.15, -0.1) is 0 Å². The summed E-state index contributed by atoms with van der Waals surface area (Å²) in [6, 6.07) is 3.09. The molecule has 0 amide bonds. The Hall–Kier alpha value is -1.98. The molecule has 6 nitrogen and oxygen atoms in total. The highest BCUT2D eigenvalue weighted by Gasteiger charge is 2.18. The molecule has 0 aliphatic rings. The molecule has 0 bridgehead atoms. The van der Waals surface area contributed by atoms with Crippen molar-refractivity contribution in [1.82, 2.24) is 10.3 Å². The lowest BCUT2D eigenvalue weighted by molar-refractivity contribution is -0.383. The van der Waals surface area contributed by atoms with Gasteiger partial charge in [0.1, 0.15) is 5.52 Å². The van der Waals surface area contributed by atoms with Gasteiger partial charge in [-0.2, -0.15) is 0 Å². The number of rotatable bonds is 2. The molecule has 14 heavy (non-hydrogen) atoms. The molecule has 0 aliphatic heterocycles. The van der Waals surface area contributed by atoms with E-state index in [1.165, 1.54) is 6.07 Å². The lowest BCUT2D eigenvalue weighted by atomic mass is 10.1. The SMILES string of the molecule is CCc1ccc([N+](=O)[O-])c2nonc12. The van der Waals surface area contributed by atoms with Crippen molar-refractivity contribution in [3.8, 4) is 0 Å². The molecular formula is C8H7N3O3. The number of nitro benzene ring substituents is 1. The molecule has 1 aromatic carbocycles. The Labute approximate surface area is 78.6 Å². The average Bonchev–Trinajstić information content (AvgIpc) is 2.64. The number of hydrogen-bond donors (Lipinski definition) is 0. The van der Waals surface area contributed by atoms with Gasteiger partial charge in [0.15, 0.2) is 0 Å². The second kappa shape index (κ2) is 3.06. The summed E-state index contributed by atoms with van der Waals surface area (Å²) >= 11 is 0. The van der Waals surface area contributed by atoms with Gasteiger partial charge in [0.05, 0.1) is 4.92 Å². The first-order chi connectivity index (χ1) is 6.74. The van der Waals surface area contributed by atoms with Crippen LogP contribution in [0.4, 0.5) is 5.69 Å². The van der Waals surface area contributed by atoms with Crippen molar-refractivity contribution in [3.63, 3.8) is 0 Å². The van der Waals surface area contributed by atoms with Crippen LogP contribution in [0.15, 0.2) is 16.8 Å². The molecule has 0 spiro atoms. The molecule has 0 unspecified atom stereocenters. The van der Waals surface area contributed by atoms with E-state index in [0.717, 1.165) is 12.0 Å². The van der Waals surface area contributed by atoms with Crippen molar-refractivity contribution in [1.29, 1.82) is 0 Å². The monoisotopic (exact) mass is 193 g/mol. The van der Waals surface area contributed by atoms with Crippen molar-refractivity contribution in [3.05, 3.63) is 27.8 Å². The first-order valence-corrected chi connectivity index (χ1v) is 4.12. The second-order valence-electron chi connectivity index (χ2n) is 2.82. The topological polar surface area (TPSA) is 82.1 Å². The maximum absolute atomic E-state index is 10.6. The van der Waals surface area contributed by atoms with Crippen LogP contribution in [-0.4, -0.2) is 15.2 Å². The van der Waals surface area contributed by atoms with Crippen molar-refractivity contribution in [2.45, 2.75) is 13.3 Å². The van der Waals surface area contributed by atoms with E-state index in [1.807, 2.05) is 6.92 Å². The second-order valence-corrected chi connectivity index (χ2v) is 2.82. The number of aromatic nitrogens is 2. The van der Waals surface area contributed by atoms with Gasteiger partial charge in [-0.1, -0.05) is 6.92 Å². The van der Waals surface area contributed by atoms with E-state index in [2.05, 4.69) is 14.9 Å². The van der Waals surface area contributed by atoms with Crippen LogP contribution in [-0.2, 0) is 6.42 Å². The van der Waals surface area contributed by atoms with E-state index in [1.54, 1.807) is 6.07 Å². The minimum Gasteiger partial charge on any atom is -0.258 e. The van der Waals surface area contributed by atoms with Crippen LogP contribution in [0.3, 0.4) is 0 Å². The molecule has 0 saturated heterocycles. The zero-order chi connectivity index (χ0) is 10.1. The minimum absolute atomic E-state index is 0.0709. The number of fused-ring (bicyclic) bond motifs is 1. The van der Waals surface area contributed by atoms with E-state index in [4.69, 9.17) is 0 Å². The average molecular weight is 193 g/mol. The fourth-order valence-electron chi connectivity index (χ4n) is 1.34. The number of hydrogen-bond acceptors (Lipinski definition) is 5. The fourth-order valence-corrected chi connectivity index (χ4v) is 1.34. The Bertz CT molecular complexity index is 492. The summed E-state index contributed by atoms with van der Waals surface area (Å²) in [6.45, 7) is 1.94. The van der Waals surface area contributed by atoms with Crippen LogP contribution in [0.5, 0.6) is 0 Å². The Morgan fingerprint density at radius 1 is 1.43 bits per heavy atom. The Morgan fingerprint density at radius 2 is 2.14 bits per heavy atom.